The van der Waals surface area contributed by atoms with Gasteiger partial charge in [0.15, 0.2) is 0 Å². The zero-order valence-electron chi connectivity index (χ0n) is 15.2. The highest BCUT2D eigenvalue weighted by Gasteiger charge is 2.12. The fourth-order valence-corrected chi connectivity index (χ4v) is 3.30. The van der Waals surface area contributed by atoms with E-state index in [2.05, 4.69) is 33.6 Å². The van der Waals surface area contributed by atoms with Crippen LogP contribution in [0, 0.1) is 19.8 Å². The van der Waals surface area contributed by atoms with Gasteiger partial charge in [0, 0.05) is 42.6 Å². The molecule has 0 aliphatic rings. The Hall–Kier alpha value is -2.48. The Labute approximate surface area is 156 Å². The molecule has 0 fully saturated rings. The summed E-state index contributed by atoms with van der Waals surface area (Å²) < 4.78 is 7.57. The second kappa shape index (κ2) is 8.27. The number of thiophene rings is 1. The van der Waals surface area contributed by atoms with Crippen molar-refractivity contribution in [2.75, 3.05) is 6.54 Å². The van der Waals surface area contributed by atoms with Gasteiger partial charge in [-0.05, 0) is 37.3 Å². The van der Waals surface area contributed by atoms with Crippen molar-refractivity contribution >= 4 is 17.2 Å². The second-order valence-corrected chi connectivity index (χ2v) is 7.31. The van der Waals surface area contributed by atoms with Crippen molar-refractivity contribution in [3.63, 3.8) is 0 Å². The number of aromatic nitrogens is 4. The molecule has 3 aromatic heterocycles. The highest BCUT2D eigenvalue weighted by molar-refractivity contribution is 7.08. The maximum atomic E-state index is 12.1. The number of nitrogens with one attached hydrogen (secondary N) is 1. The predicted octanol–water partition coefficient (Wildman–Crippen LogP) is 3.00. The van der Waals surface area contributed by atoms with Crippen LogP contribution in [-0.4, -0.2) is 32.4 Å². The van der Waals surface area contributed by atoms with E-state index in [-0.39, 0.29) is 5.91 Å². The molecular weight excluding hydrogens is 350 g/mol. The summed E-state index contributed by atoms with van der Waals surface area (Å²) in [5.74, 6) is 1.27. The maximum absolute atomic E-state index is 12.1. The first-order valence-corrected chi connectivity index (χ1v) is 9.58. The molecular formula is C18H23N5O2S. The molecule has 1 N–H and O–H groups in total. The van der Waals surface area contributed by atoms with Gasteiger partial charge in [-0.15, -0.1) is 10.2 Å². The summed E-state index contributed by atoms with van der Waals surface area (Å²) in [6.07, 6.45) is 0.771. The minimum Gasteiger partial charge on any atom is -0.421 e. The number of carbonyl (C=O) groups is 1. The van der Waals surface area contributed by atoms with Crippen molar-refractivity contribution in [3.8, 4) is 11.5 Å². The topological polar surface area (TPSA) is 85.8 Å². The van der Waals surface area contributed by atoms with Crippen molar-refractivity contribution in [2.45, 2.75) is 40.2 Å². The Morgan fingerprint density at radius 3 is 2.92 bits per heavy atom. The molecule has 0 bridgehead atoms. The van der Waals surface area contributed by atoms with Crippen LogP contribution in [0.1, 0.15) is 30.6 Å². The predicted molar refractivity (Wildman–Crippen MR) is 99.8 cm³/mol. The second-order valence-electron chi connectivity index (χ2n) is 6.53. The van der Waals surface area contributed by atoms with Gasteiger partial charge in [-0.2, -0.15) is 16.4 Å². The fourth-order valence-electron chi connectivity index (χ4n) is 2.67. The first-order valence-electron chi connectivity index (χ1n) is 8.64. The average Bonchev–Trinajstić information content (AvgIpc) is 3.32. The van der Waals surface area contributed by atoms with Gasteiger partial charge in [0.25, 0.3) is 0 Å². The minimum atomic E-state index is -0.0134. The third-order valence-electron chi connectivity index (χ3n) is 4.04. The summed E-state index contributed by atoms with van der Waals surface area (Å²) in [5, 5.41) is 19.3. The number of carbonyl (C=O) groups excluding carboxylic acids is 1. The van der Waals surface area contributed by atoms with Crippen molar-refractivity contribution in [3.05, 3.63) is 40.2 Å². The average molecular weight is 373 g/mol. The van der Waals surface area contributed by atoms with Gasteiger partial charge in [-0.3, -0.25) is 9.48 Å². The maximum Gasteiger partial charge on any atom is 0.248 e. The van der Waals surface area contributed by atoms with Crippen LogP contribution in [-0.2, 0) is 17.8 Å². The zero-order chi connectivity index (χ0) is 18.5. The molecule has 0 saturated heterocycles. The lowest BCUT2D eigenvalue weighted by Crippen LogP contribution is -2.30. The van der Waals surface area contributed by atoms with Crippen LogP contribution in [0.25, 0.3) is 11.5 Å². The van der Waals surface area contributed by atoms with Gasteiger partial charge in [0.2, 0.25) is 17.7 Å². The minimum absolute atomic E-state index is 0.0134. The Kier molecular flexibility index (Phi) is 5.82. The van der Waals surface area contributed by atoms with Gasteiger partial charge in [-0.25, -0.2) is 0 Å². The Morgan fingerprint density at radius 1 is 1.38 bits per heavy atom. The SMILES string of the molecule is Cc1cc(C)n(C[C@@H](C)CNC(=O)CCc2nnc(-c3ccsc3)o2)n1. The molecule has 138 valence electrons. The number of hydrogen-bond donors (Lipinski definition) is 1. The highest BCUT2D eigenvalue weighted by atomic mass is 32.1. The Bertz CT molecular complexity index is 853. The molecule has 0 unspecified atom stereocenters. The molecule has 7 nitrogen and oxygen atoms in total. The molecule has 0 radical (unpaired) electrons. The molecule has 8 heteroatoms. The first-order chi connectivity index (χ1) is 12.5. The zero-order valence-corrected chi connectivity index (χ0v) is 16.0. The number of hydrogen-bond acceptors (Lipinski definition) is 6. The summed E-state index contributed by atoms with van der Waals surface area (Å²) in [6, 6.07) is 3.99. The molecule has 0 spiro atoms. The normalized spacial score (nSPS) is 12.3. The van der Waals surface area contributed by atoms with E-state index in [9.17, 15) is 4.79 Å². The molecule has 1 amide bonds. The smallest absolute Gasteiger partial charge is 0.248 e. The van der Waals surface area contributed by atoms with E-state index < -0.39 is 0 Å². The van der Waals surface area contributed by atoms with Crippen LogP contribution in [0.2, 0.25) is 0 Å². The number of aryl methyl sites for hydroxylation is 3. The van der Waals surface area contributed by atoms with Crippen LogP contribution in [0.5, 0.6) is 0 Å². The van der Waals surface area contributed by atoms with Crippen LogP contribution in [0.3, 0.4) is 0 Å². The van der Waals surface area contributed by atoms with E-state index in [1.165, 1.54) is 0 Å². The highest BCUT2D eigenvalue weighted by Crippen LogP contribution is 2.20. The molecule has 3 rings (SSSR count). The van der Waals surface area contributed by atoms with Gasteiger partial charge >= 0.3 is 0 Å². The van der Waals surface area contributed by atoms with Gasteiger partial charge in [0.05, 0.1) is 5.69 Å². The van der Waals surface area contributed by atoms with Gasteiger partial charge in [-0.1, -0.05) is 6.92 Å². The Morgan fingerprint density at radius 2 is 2.23 bits per heavy atom. The van der Waals surface area contributed by atoms with Crippen LogP contribution < -0.4 is 5.32 Å². The summed E-state index contributed by atoms with van der Waals surface area (Å²) in [5.41, 5.74) is 3.06. The standard InChI is InChI=1S/C18H23N5O2S/c1-12(10-23-14(3)8-13(2)22-23)9-19-16(24)4-5-17-20-21-18(25-17)15-6-7-26-11-15/h6-8,11-12H,4-5,9-10H2,1-3H3,(H,19,24)/t12-/m0/s1. The lowest BCUT2D eigenvalue weighted by molar-refractivity contribution is -0.121. The number of nitrogens with zero attached hydrogens (tertiary/aromatic N) is 4. The lowest BCUT2D eigenvalue weighted by atomic mass is 10.1. The third-order valence-corrected chi connectivity index (χ3v) is 4.72. The first kappa shape index (κ1) is 18.3. The van der Waals surface area contributed by atoms with E-state index in [1.807, 2.05) is 35.4 Å². The summed E-state index contributed by atoms with van der Waals surface area (Å²) in [6.45, 7) is 7.52. The molecule has 26 heavy (non-hydrogen) atoms. The summed E-state index contributed by atoms with van der Waals surface area (Å²) in [7, 11) is 0. The number of rotatable bonds is 8. The molecule has 3 aromatic rings. The molecule has 1 atom stereocenters. The molecule has 0 aliphatic heterocycles. The van der Waals surface area contributed by atoms with E-state index in [0.717, 1.165) is 23.5 Å². The summed E-state index contributed by atoms with van der Waals surface area (Å²) >= 11 is 1.58. The molecule has 0 aromatic carbocycles. The fraction of sp³-hybridized carbons (Fsp3) is 0.444. The quantitative estimate of drug-likeness (QED) is 0.656. The van der Waals surface area contributed by atoms with Crippen LogP contribution in [0.15, 0.2) is 27.3 Å². The summed E-state index contributed by atoms with van der Waals surface area (Å²) in [4.78, 5) is 12.1. The van der Waals surface area contributed by atoms with Gasteiger partial charge in [0.1, 0.15) is 0 Å². The van der Waals surface area contributed by atoms with Crippen LogP contribution in [0.4, 0.5) is 0 Å². The van der Waals surface area contributed by atoms with E-state index in [0.29, 0.717) is 37.1 Å². The molecule has 3 heterocycles. The third kappa shape index (κ3) is 4.78. The van der Waals surface area contributed by atoms with Crippen molar-refractivity contribution in [1.82, 2.24) is 25.3 Å². The van der Waals surface area contributed by atoms with Crippen LogP contribution >= 0.6 is 11.3 Å². The van der Waals surface area contributed by atoms with Crippen molar-refractivity contribution in [1.29, 1.82) is 0 Å². The van der Waals surface area contributed by atoms with Crippen molar-refractivity contribution in [2.24, 2.45) is 5.92 Å². The largest absolute Gasteiger partial charge is 0.421 e. The number of amides is 1. The molecule has 0 aliphatic carbocycles. The van der Waals surface area contributed by atoms with E-state index in [1.54, 1.807) is 11.3 Å². The van der Waals surface area contributed by atoms with E-state index >= 15 is 0 Å². The monoisotopic (exact) mass is 373 g/mol. The molecule has 0 saturated carbocycles. The van der Waals surface area contributed by atoms with Gasteiger partial charge < -0.3 is 9.73 Å². The van der Waals surface area contributed by atoms with Crippen molar-refractivity contribution < 1.29 is 9.21 Å². The van der Waals surface area contributed by atoms with E-state index in [4.69, 9.17) is 4.42 Å². The Balaban J connectivity index is 1.41. The lowest BCUT2D eigenvalue weighted by Gasteiger charge is -2.13.